The van der Waals surface area contributed by atoms with Gasteiger partial charge in [-0.15, -0.1) is 24.0 Å². The molecule has 0 aromatic rings. The summed E-state index contributed by atoms with van der Waals surface area (Å²) in [6.45, 7) is 0.856. The van der Waals surface area contributed by atoms with Crippen LogP contribution >= 0.6 is 24.0 Å². The second-order valence-electron chi connectivity index (χ2n) is 2.76. The molecule has 1 heterocycles. The quantitative estimate of drug-likeness (QED) is 0.701. The topological polar surface area (TPSA) is 67.5 Å². The molecule has 4 nitrogen and oxygen atoms in total. The fraction of sp³-hybridized carbons (Fsp3) is 0.500. The number of hydrogen-bond acceptors (Lipinski definition) is 3. The number of nitrogens with zero attached hydrogens (tertiary/aromatic N) is 1. The minimum atomic E-state index is -0.975. The van der Waals surface area contributed by atoms with Crippen LogP contribution in [0.2, 0.25) is 0 Å². The summed E-state index contributed by atoms with van der Waals surface area (Å²) in [4.78, 5) is 14.3. The fourth-order valence-corrected chi connectivity index (χ4v) is 1.17. The Kier molecular flexibility index (Phi) is 5.76. The van der Waals surface area contributed by atoms with Crippen LogP contribution in [0.3, 0.4) is 0 Å². The van der Waals surface area contributed by atoms with Crippen LogP contribution < -0.4 is 11.1 Å². The van der Waals surface area contributed by atoms with Crippen molar-refractivity contribution in [1.82, 2.24) is 5.32 Å². The van der Waals surface area contributed by atoms with Crippen LogP contribution in [0.15, 0.2) is 17.3 Å². The molecule has 1 aliphatic heterocycles. The molecule has 80 valence electrons. The van der Waals surface area contributed by atoms with Crippen molar-refractivity contribution in [2.45, 2.75) is 11.3 Å². The first-order valence-corrected chi connectivity index (χ1v) is 4.43. The van der Waals surface area contributed by atoms with E-state index in [1.807, 2.05) is 0 Å². The Morgan fingerprint density at radius 3 is 2.93 bits per heavy atom. The van der Waals surface area contributed by atoms with Gasteiger partial charge in [0, 0.05) is 31.9 Å². The summed E-state index contributed by atoms with van der Waals surface area (Å²) in [5.41, 5.74) is 5.25. The average Bonchev–Trinajstić information content (AvgIpc) is 2.15. The highest BCUT2D eigenvalue weighted by atomic mass is 35.5. The van der Waals surface area contributed by atoms with Crippen LogP contribution in [0.4, 0.5) is 0 Å². The average molecular weight is 238 g/mol. The molecule has 1 rings (SSSR count). The lowest BCUT2D eigenvalue weighted by atomic mass is 10.0. The first kappa shape index (κ1) is 13.4. The first-order chi connectivity index (χ1) is 6.19. The lowest BCUT2D eigenvalue weighted by Crippen LogP contribution is -2.43. The molecule has 0 bridgehead atoms. The predicted octanol–water partition coefficient (Wildman–Crippen LogP) is 0.449. The van der Waals surface area contributed by atoms with E-state index in [4.69, 9.17) is 17.3 Å². The summed E-state index contributed by atoms with van der Waals surface area (Å²) < 4.78 is 0. The molecule has 1 atom stereocenters. The third kappa shape index (κ3) is 3.29. The summed E-state index contributed by atoms with van der Waals surface area (Å²) in [6, 6.07) is 0. The van der Waals surface area contributed by atoms with Crippen LogP contribution in [0.25, 0.3) is 0 Å². The van der Waals surface area contributed by atoms with Crippen LogP contribution in [-0.4, -0.2) is 30.1 Å². The van der Waals surface area contributed by atoms with Gasteiger partial charge in [-0.1, -0.05) is 0 Å². The SMILES string of the molecule is Cl.NCCNC(=O)C1(Cl)C=CN=CC1. The standard InChI is InChI=1S/C8H12ClN3O.ClH/c9-8(1-4-11-5-2-8)7(13)12-6-3-10;/h1,4-5H,2-3,6,10H2,(H,12,13);1H. The number of nitrogens with two attached hydrogens (primary N) is 1. The van der Waals surface area contributed by atoms with E-state index in [2.05, 4.69) is 10.3 Å². The van der Waals surface area contributed by atoms with E-state index in [1.165, 1.54) is 6.20 Å². The molecule has 1 aliphatic rings. The Morgan fingerprint density at radius 1 is 1.71 bits per heavy atom. The maximum Gasteiger partial charge on any atom is 0.245 e. The van der Waals surface area contributed by atoms with Gasteiger partial charge in [0.05, 0.1) is 0 Å². The third-order valence-corrected chi connectivity index (χ3v) is 2.18. The zero-order chi connectivity index (χ0) is 9.73. The van der Waals surface area contributed by atoms with E-state index in [9.17, 15) is 4.79 Å². The molecule has 0 aromatic carbocycles. The fourth-order valence-electron chi connectivity index (χ4n) is 0.977. The van der Waals surface area contributed by atoms with Crippen molar-refractivity contribution in [1.29, 1.82) is 0 Å². The molecule has 6 heteroatoms. The van der Waals surface area contributed by atoms with E-state index in [0.717, 1.165) is 0 Å². The number of aliphatic imine (C=N–C) groups is 1. The van der Waals surface area contributed by atoms with E-state index in [0.29, 0.717) is 19.5 Å². The van der Waals surface area contributed by atoms with Crippen LogP contribution in [-0.2, 0) is 4.79 Å². The van der Waals surface area contributed by atoms with Crippen LogP contribution in [0.5, 0.6) is 0 Å². The van der Waals surface area contributed by atoms with E-state index < -0.39 is 4.87 Å². The second kappa shape index (κ2) is 6.01. The van der Waals surface area contributed by atoms with E-state index in [-0.39, 0.29) is 18.3 Å². The summed E-state index contributed by atoms with van der Waals surface area (Å²) in [7, 11) is 0. The summed E-state index contributed by atoms with van der Waals surface area (Å²) in [5.74, 6) is -0.220. The van der Waals surface area contributed by atoms with Crippen molar-refractivity contribution in [2.24, 2.45) is 10.7 Å². The molecule has 0 fully saturated rings. The number of amides is 1. The minimum absolute atomic E-state index is 0. The number of halogens is 2. The highest BCUT2D eigenvalue weighted by Crippen LogP contribution is 2.23. The number of hydrogen-bond donors (Lipinski definition) is 2. The molecule has 0 aromatic heterocycles. The maximum absolute atomic E-state index is 11.5. The normalized spacial score (nSPS) is 24.1. The maximum atomic E-state index is 11.5. The second-order valence-corrected chi connectivity index (χ2v) is 3.43. The minimum Gasteiger partial charge on any atom is -0.353 e. The Hall–Kier alpha value is -0.580. The number of rotatable bonds is 3. The van der Waals surface area contributed by atoms with Gasteiger partial charge in [-0.3, -0.25) is 9.79 Å². The molecule has 0 saturated carbocycles. The smallest absolute Gasteiger partial charge is 0.245 e. The van der Waals surface area contributed by atoms with Crippen molar-refractivity contribution < 1.29 is 4.79 Å². The van der Waals surface area contributed by atoms with E-state index in [1.54, 1.807) is 12.3 Å². The molecule has 0 spiro atoms. The van der Waals surface area contributed by atoms with Gasteiger partial charge in [0.1, 0.15) is 4.87 Å². The van der Waals surface area contributed by atoms with Gasteiger partial charge < -0.3 is 11.1 Å². The monoisotopic (exact) mass is 237 g/mol. The Labute approximate surface area is 94.0 Å². The summed E-state index contributed by atoms with van der Waals surface area (Å²) >= 11 is 6.03. The van der Waals surface area contributed by atoms with Gasteiger partial charge in [-0.25, -0.2) is 0 Å². The van der Waals surface area contributed by atoms with E-state index >= 15 is 0 Å². The van der Waals surface area contributed by atoms with Crippen molar-refractivity contribution in [3.05, 3.63) is 12.3 Å². The predicted molar refractivity (Wildman–Crippen MR) is 60.1 cm³/mol. The molecule has 0 saturated heterocycles. The number of alkyl halides is 1. The molecule has 3 N–H and O–H groups in total. The highest BCUT2D eigenvalue weighted by Gasteiger charge is 2.33. The molecular weight excluding hydrogens is 225 g/mol. The summed E-state index contributed by atoms with van der Waals surface area (Å²) in [5, 5.41) is 2.63. The molecule has 0 aliphatic carbocycles. The molecule has 1 amide bonds. The van der Waals surface area contributed by atoms with Crippen molar-refractivity contribution in [2.75, 3.05) is 13.1 Å². The number of carbonyl (C=O) groups is 1. The number of nitrogens with one attached hydrogen (secondary N) is 1. The molecule has 1 unspecified atom stereocenters. The highest BCUT2D eigenvalue weighted by molar-refractivity contribution is 6.37. The van der Waals surface area contributed by atoms with Gasteiger partial charge in [0.25, 0.3) is 0 Å². The number of carbonyl (C=O) groups excluding carboxylic acids is 1. The van der Waals surface area contributed by atoms with Crippen molar-refractivity contribution >= 4 is 36.1 Å². The van der Waals surface area contributed by atoms with Crippen LogP contribution in [0.1, 0.15) is 6.42 Å². The van der Waals surface area contributed by atoms with Crippen molar-refractivity contribution in [3.8, 4) is 0 Å². The zero-order valence-electron chi connectivity index (χ0n) is 7.57. The molecule has 0 radical (unpaired) electrons. The molecule has 14 heavy (non-hydrogen) atoms. The Morgan fingerprint density at radius 2 is 2.43 bits per heavy atom. The first-order valence-electron chi connectivity index (χ1n) is 4.06. The van der Waals surface area contributed by atoms with Gasteiger partial charge in [-0.2, -0.15) is 0 Å². The van der Waals surface area contributed by atoms with Gasteiger partial charge in [-0.05, 0) is 6.08 Å². The molecular formula is C8H13Cl2N3O. The zero-order valence-corrected chi connectivity index (χ0v) is 9.14. The van der Waals surface area contributed by atoms with Gasteiger partial charge in [0.2, 0.25) is 5.91 Å². The third-order valence-electron chi connectivity index (χ3n) is 1.73. The Balaban J connectivity index is 0.00000169. The largest absolute Gasteiger partial charge is 0.353 e. The van der Waals surface area contributed by atoms with Crippen molar-refractivity contribution in [3.63, 3.8) is 0 Å². The lowest BCUT2D eigenvalue weighted by Gasteiger charge is -2.21. The lowest BCUT2D eigenvalue weighted by molar-refractivity contribution is -0.122. The van der Waals surface area contributed by atoms with Gasteiger partial charge in [0.15, 0.2) is 0 Å². The summed E-state index contributed by atoms with van der Waals surface area (Å²) in [6.07, 6.45) is 5.15. The Bertz CT molecular complexity index is 255. The van der Waals surface area contributed by atoms with Crippen LogP contribution in [0, 0.1) is 0 Å². The van der Waals surface area contributed by atoms with Gasteiger partial charge >= 0.3 is 0 Å².